The zero-order valence-electron chi connectivity index (χ0n) is 7.17. The second kappa shape index (κ2) is 6.92. The third kappa shape index (κ3) is 5.66. The van der Waals surface area contributed by atoms with Gasteiger partial charge in [0.2, 0.25) is 0 Å². The molecular weight excluding hydrogens is 189 g/mol. The number of hydrogen-bond donors (Lipinski definition) is 1. The SMILES string of the molecule is OP1OCCCO1.c1ccncc1. The molecule has 1 saturated heterocycles. The van der Waals surface area contributed by atoms with Gasteiger partial charge in [-0.1, -0.05) is 6.07 Å². The van der Waals surface area contributed by atoms with Crippen LogP contribution in [0, 0.1) is 0 Å². The summed E-state index contributed by atoms with van der Waals surface area (Å²) in [5.41, 5.74) is 0. The van der Waals surface area contributed by atoms with Crippen molar-refractivity contribution < 1.29 is 13.9 Å². The van der Waals surface area contributed by atoms with Crippen LogP contribution in [0.2, 0.25) is 0 Å². The van der Waals surface area contributed by atoms with Gasteiger partial charge in [-0.25, -0.2) is 0 Å². The van der Waals surface area contributed by atoms with E-state index in [1.54, 1.807) is 12.4 Å². The molecule has 1 aliphatic rings. The molecule has 5 heteroatoms. The van der Waals surface area contributed by atoms with Crippen LogP contribution in [0.25, 0.3) is 0 Å². The lowest BCUT2D eigenvalue weighted by Gasteiger charge is -2.14. The van der Waals surface area contributed by atoms with E-state index in [0.717, 1.165) is 6.42 Å². The second-order valence-corrected chi connectivity index (χ2v) is 3.27. The van der Waals surface area contributed by atoms with Crippen LogP contribution in [0.4, 0.5) is 0 Å². The summed E-state index contributed by atoms with van der Waals surface area (Å²) < 4.78 is 9.35. The average molecular weight is 201 g/mol. The first-order chi connectivity index (χ1) is 6.39. The Hall–Kier alpha value is -0.540. The molecule has 0 bridgehead atoms. The van der Waals surface area contributed by atoms with Crippen LogP contribution in [0.15, 0.2) is 30.6 Å². The Morgan fingerprint density at radius 3 is 1.92 bits per heavy atom. The summed E-state index contributed by atoms with van der Waals surface area (Å²) >= 11 is 0. The smallest absolute Gasteiger partial charge is 0.328 e. The van der Waals surface area contributed by atoms with Crippen LogP contribution >= 0.6 is 8.60 Å². The highest BCUT2D eigenvalue weighted by atomic mass is 31.2. The van der Waals surface area contributed by atoms with Gasteiger partial charge < -0.3 is 13.9 Å². The minimum absolute atomic E-state index is 0.641. The lowest BCUT2D eigenvalue weighted by molar-refractivity contribution is 0.143. The molecule has 2 rings (SSSR count). The van der Waals surface area contributed by atoms with Crippen LogP contribution in [0.3, 0.4) is 0 Å². The molecule has 0 atom stereocenters. The molecule has 0 unspecified atom stereocenters. The molecule has 13 heavy (non-hydrogen) atoms. The Balaban J connectivity index is 0.000000132. The third-order valence-corrected chi connectivity index (χ3v) is 2.07. The first kappa shape index (κ1) is 10.5. The van der Waals surface area contributed by atoms with Gasteiger partial charge in [0.1, 0.15) is 0 Å². The van der Waals surface area contributed by atoms with E-state index < -0.39 is 8.60 Å². The predicted octanol–water partition coefficient (Wildman–Crippen LogP) is 1.72. The van der Waals surface area contributed by atoms with E-state index >= 15 is 0 Å². The standard InChI is InChI=1S/C5H5N.C3H7O3P/c1-2-4-6-5-3-1;4-7-5-2-1-3-6-7/h1-5H;4H,1-3H2. The first-order valence-corrected chi connectivity index (χ1v) is 5.12. The zero-order valence-corrected chi connectivity index (χ0v) is 8.06. The van der Waals surface area contributed by atoms with Gasteiger partial charge in [-0.3, -0.25) is 4.98 Å². The van der Waals surface area contributed by atoms with Gasteiger partial charge in [-0.15, -0.1) is 0 Å². The Morgan fingerprint density at radius 2 is 1.69 bits per heavy atom. The summed E-state index contributed by atoms with van der Waals surface area (Å²) in [5.74, 6) is 0. The Kier molecular flexibility index (Phi) is 5.61. The van der Waals surface area contributed by atoms with E-state index in [0.29, 0.717) is 13.2 Å². The summed E-state index contributed by atoms with van der Waals surface area (Å²) in [6.45, 7) is 1.28. The summed E-state index contributed by atoms with van der Waals surface area (Å²) in [4.78, 5) is 12.3. The van der Waals surface area contributed by atoms with Crippen molar-refractivity contribution in [2.45, 2.75) is 6.42 Å². The first-order valence-electron chi connectivity index (χ1n) is 3.99. The maximum Gasteiger partial charge on any atom is 0.329 e. The summed E-state index contributed by atoms with van der Waals surface area (Å²) in [5, 5.41) is 0. The number of nitrogens with zero attached hydrogens (tertiary/aromatic N) is 1. The van der Waals surface area contributed by atoms with Gasteiger partial charge in [0.25, 0.3) is 0 Å². The highest BCUT2D eigenvalue weighted by Crippen LogP contribution is 2.35. The highest BCUT2D eigenvalue weighted by Gasteiger charge is 2.10. The molecule has 1 aromatic heterocycles. The van der Waals surface area contributed by atoms with Crippen LogP contribution in [-0.2, 0) is 9.05 Å². The summed E-state index contributed by atoms with van der Waals surface area (Å²) in [6, 6.07) is 5.72. The van der Waals surface area contributed by atoms with E-state index in [2.05, 4.69) is 14.0 Å². The average Bonchev–Trinajstić information content (AvgIpc) is 2.22. The minimum Gasteiger partial charge on any atom is -0.328 e. The Morgan fingerprint density at radius 1 is 1.08 bits per heavy atom. The van der Waals surface area contributed by atoms with E-state index in [1.165, 1.54) is 0 Å². The van der Waals surface area contributed by atoms with Gasteiger partial charge in [0.05, 0.1) is 13.2 Å². The molecule has 1 fully saturated rings. The zero-order chi connectivity index (χ0) is 9.36. The number of pyridine rings is 1. The van der Waals surface area contributed by atoms with Crippen molar-refractivity contribution in [2.24, 2.45) is 0 Å². The fourth-order valence-electron chi connectivity index (χ4n) is 0.694. The molecule has 1 N–H and O–H groups in total. The fraction of sp³-hybridized carbons (Fsp3) is 0.375. The summed E-state index contributed by atoms with van der Waals surface area (Å²) in [6.07, 6.45) is 4.40. The molecule has 1 aromatic rings. The summed E-state index contributed by atoms with van der Waals surface area (Å²) in [7, 11) is -1.49. The second-order valence-electron chi connectivity index (χ2n) is 2.28. The molecule has 1 aliphatic heterocycles. The minimum atomic E-state index is -1.49. The van der Waals surface area contributed by atoms with E-state index in [-0.39, 0.29) is 0 Å². The lowest BCUT2D eigenvalue weighted by Crippen LogP contribution is -2.03. The van der Waals surface area contributed by atoms with Crippen molar-refractivity contribution in [1.29, 1.82) is 0 Å². The van der Waals surface area contributed by atoms with Gasteiger partial charge in [-0.2, -0.15) is 0 Å². The lowest BCUT2D eigenvalue weighted by atomic mass is 10.5. The Labute approximate surface area is 78.5 Å². The normalized spacial score (nSPS) is 17.3. The predicted molar refractivity (Wildman–Crippen MR) is 49.9 cm³/mol. The third-order valence-electron chi connectivity index (χ3n) is 1.26. The number of rotatable bonds is 0. The maximum absolute atomic E-state index is 8.53. The van der Waals surface area contributed by atoms with Gasteiger partial charge in [0, 0.05) is 12.4 Å². The molecule has 0 aromatic carbocycles. The van der Waals surface area contributed by atoms with Crippen molar-refractivity contribution in [3.05, 3.63) is 30.6 Å². The van der Waals surface area contributed by atoms with E-state index in [4.69, 9.17) is 4.89 Å². The van der Waals surface area contributed by atoms with Gasteiger partial charge >= 0.3 is 8.60 Å². The number of hydrogen-bond acceptors (Lipinski definition) is 4. The molecule has 72 valence electrons. The molecule has 2 heterocycles. The van der Waals surface area contributed by atoms with Crippen molar-refractivity contribution in [3.63, 3.8) is 0 Å². The quantitative estimate of drug-likeness (QED) is 0.649. The van der Waals surface area contributed by atoms with Crippen molar-refractivity contribution in [2.75, 3.05) is 13.2 Å². The van der Waals surface area contributed by atoms with Crippen LogP contribution in [0.5, 0.6) is 0 Å². The molecular formula is C8H12NO3P. The molecule has 0 spiro atoms. The van der Waals surface area contributed by atoms with Crippen LogP contribution < -0.4 is 0 Å². The van der Waals surface area contributed by atoms with Gasteiger partial charge in [-0.05, 0) is 18.6 Å². The largest absolute Gasteiger partial charge is 0.329 e. The van der Waals surface area contributed by atoms with Gasteiger partial charge in [0.15, 0.2) is 0 Å². The van der Waals surface area contributed by atoms with E-state index in [1.807, 2.05) is 18.2 Å². The molecule has 0 aliphatic carbocycles. The van der Waals surface area contributed by atoms with E-state index in [9.17, 15) is 0 Å². The molecule has 4 nitrogen and oxygen atoms in total. The number of aromatic nitrogens is 1. The van der Waals surface area contributed by atoms with Crippen LogP contribution in [0.1, 0.15) is 6.42 Å². The van der Waals surface area contributed by atoms with Crippen molar-refractivity contribution >= 4 is 8.60 Å². The van der Waals surface area contributed by atoms with Crippen LogP contribution in [-0.4, -0.2) is 23.1 Å². The topological polar surface area (TPSA) is 51.6 Å². The fourth-order valence-corrected chi connectivity index (χ4v) is 1.34. The maximum atomic E-state index is 8.53. The van der Waals surface area contributed by atoms with Crippen molar-refractivity contribution in [1.82, 2.24) is 4.98 Å². The highest BCUT2D eigenvalue weighted by molar-refractivity contribution is 7.40. The molecule has 0 radical (unpaired) electrons. The molecule has 0 amide bonds. The monoisotopic (exact) mass is 201 g/mol. The molecule has 0 saturated carbocycles. The Bertz CT molecular complexity index is 177. The van der Waals surface area contributed by atoms with Crippen molar-refractivity contribution in [3.8, 4) is 0 Å².